The lowest BCUT2D eigenvalue weighted by Gasteiger charge is -2.41. The van der Waals surface area contributed by atoms with E-state index in [1.54, 1.807) is 13.3 Å². The minimum Gasteiger partial charge on any atom is -0.493 e. The third-order valence-corrected chi connectivity index (χ3v) is 6.76. The lowest BCUT2D eigenvalue weighted by atomic mass is 9.95. The van der Waals surface area contributed by atoms with Crippen molar-refractivity contribution in [3.8, 4) is 5.75 Å². The summed E-state index contributed by atoms with van der Waals surface area (Å²) in [6.07, 6.45) is 3.17. The largest absolute Gasteiger partial charge is 0.493 e. The highest BCUT2D eigenvalue weighted by atomic mass is 35.5. The fraction of sp³-hybridized carbons (Fsp3) is 0.500. The number of halogens is 1. The van der Waals surface area contributed by atoms with Gasteiger partial charge in [0, 0.05) is 63.2 Å². The molecule has 2 aromatic rings. The lowest BCUT2D eigenvalue weighted by Crippen LogP contribution is -2.48. The maximum Gasteiger partial charge on any atom is 0.223 e. The Labute approximate surface area is 181 Å². The molecule has 8 heteroatoms. The van der Waals surface area contributed by atoms with E-state index in [4.69, 9.17) is 21.3 Å². The number of ether oxygens (including phenoxy) is 1. The number of hydrogen-bond donors (Lipinski definition) is 1. The molecule has 30 heavy (non-hydrogen) atoms. The van der Waals surface area contributed by atoms with Crippen LogP contribution in [-0.4, -0.2) is 47.5 Å². The highest BCUT2D eigenvalue weighted by molar-refractivity contribution is 6.29. The van der Waals surface area contributed by atoms with Crippen molar-refractivity contribution in [1.29, 1.82) is 0 Å². The molecule has 0 atom stereocenters. The standard InChI is InChI=1S/C22H26ClN5O2/c1-13-15-7-24-4-3-17(15)26-18-12-28(11-16(13)18)22(29)5-14-9-27(10-14)19-6-21(23)25-8-20(19)30-2/h6,8,14,24H,3-5,7,9-12H2,1-2H3. The fourth-order valence-corrected chi connectivity index (χ4v) is 4.95. The quantitative estimate of drug-likeness (QED) is 0.756. The Balaban J connectivity index is 1.21. The Morgan fingerprint density at radius 3 is 2.93 bits per heavy atom. The van der Waals surface area contributed by atoms with E-state index in [0.29, 0.717) is 36.3 Å². The van der Waals surface area contributed by atoms with Crippen LogP contribution in [0.4, 0.5) is 5.69 Å². The Bertz CT molecular complexity index is 1010. The van der Waals surface area contributed by atoms with Gasteiger partial charge in [-0.2, -0.15) is 0 Å². The number of carbonyl (C=O) groups excluding carboxylic acids is 1. The number of pyridine rings is 2. The first-order chi connectivity index (χ1) is 14.5. The summed E-state index contributed by atoms with van der Waals surface area (Å²) in [5.74, 6) is 1.26. The van der Waals surface area contributed by atoms with E-state index in [1.807, 2.05) is 11.0 Å². The number of rotatable bonds is 4. The number of carbonyl (C=O) groups is 1. The summed E-state index contributed by atoms with van der Waals surface area (Å²) in [5, 5.41) is 3.88. The Morgan fingerprint density at radius 2 is 2.13 bits per heavy atom. The van der Waals surface area contributed by atoms with Gasteiger partial charge in [0.15, 0.2) is 5.75 Å². The van der Waals surface area contributed by atoms with Gasteiger partial charge in [-0.3, -0.25) is 9.78 Å². The van der Waals surface area contributed by atoms with Crippen LogP contribution in [0, 0.1) is 12.8 Å². The smallest absolute Gasteiger partial charge is 0.223 e. The maximum atomic E-state index is 13.0. The first-order valence-electron chi connectivity index (χ1n) is 10.5. The van der Waals surface area contributed by atoms with Crippen LogP contribution in [0.25, 0.3) is 0 Å². The molecular formula is C22H26ClN5O2. The Kier molecular flexibility index (Phi) is 5.03. The first kappa shape index (κ1) is 19.6. The number of nitrogens with one attached hydrogen (secondary N) is 1. The molecule has 7 nitrogen and oxygen atoms in total. The van der Waals surface area contributed by atoms with Gasteiger partial charge >= 0.3 is 0 Å². The average molecular weight is 428 g/mol. The molecule has 0 spiro atoms. The van der Waals surface area contributed by atoms with E-state index >= 15 is 0 Å². The zero-order valence-electron chi connectivity index (χ0n) is 17.4. The number of nitrogens with zero attached hydrogens (tertiary/aromatic N) is 4. The van der Waals surface area contributed by atoms with E-state index in [1.165, 1.54) is 22.4 Å². The van der Waals surface area contributed by atoms with Crippen molar-refractivity contribution in [2.24, 2.45) is 5.92 Å². The molecule has 1 saturated heterocycles. The number of aromatic nitrogens is 2. The van der Waals surface area contributed by atoms with Gasteiger partial charge in [0.1, 0.15) is 5.15 Å². The van der Waals surface area contributed by atoms with E-state index in [-0.39, 0.29) is 5.91 Å². The highest BCUT2D eigenvalue weighted by Gasteiger charge is 2.34. The minimum atomic E-state index is 0.216. The topological polar surface area (TPSA) is 70.6 Å². The second kappa shape index (κ2) is 7.71. The predicted molar refractivity (Wildman–Crippen MR) is 115 cm³/mol. The second-order valence-corrected chi connectivity index (χ2v) is 8.81. The summed E-state index contributed by atoms with van der Waals surface area (Å²) < 4.78 is 5.39. The Morgan fingerprint density at radius 1 is 1.30 bits per heavy atom. The molecule has 0 unspecified atom stereocenters. The molecule has 0 saturated carbocycles. The van der Waals surface area contributed by atoms with Crippen molar-refractivity contribution in [2.75, 3.05) is 31.6 Å². The molecule has 3 aliphatic heterocycles. The second-order valence-electron chi connectivity index (χ2n) is 8.42. The van der Waals surface area contributed by atoms with Crippen LogP contribution < -0.4 is 15.0 Å². The summed E-state index contributed by atoms with van der Waals surface area (Å²) in [4.78, 5) is 26.1. The van der Waals surface area contributed by atoms with Crippen LogP contribution in [-0.2, 0) is 30.8 Å². The summed E-state index contributed by atoms with van der Waals surface area (Å²) in [6.45, 7) is 7.01. The van der Waals surface area contributed by atoms with Crippen LogP contribution in [0.5, 0.6) is 5.75 Å². The van der Waals surface area contributed by atoms with Crippen molar-refractivity contribution < 1.29 is 9.53 Å². The maximum absolute atomic E-state index is 13.0. The van der Waals surface area contributed by atoms with Crippen LogP contribution in [0.1, 0.15) is 34.5 Å². The van der Waals surface area contributed by atoms with Gasteiger partial charge in [-0.1, -0.05) is 11.6 Å². The lowest BCUT2D eigenvalue weighted by molar-refractivity contribution is -0.133. The van der Waals surface area contributed by atoms with E-state index < -0.39 is 0 Å². The molecule has 1 N–H and O–H groups in total. The first-order valence-corrected chi connectivity index (χ1v) is 10.8. The summed E-state index contributed by atoms with van der Waals surface area (Å²) in [7, 11) is 1.63. The monoisotopic (exact) mass is 427 g/mol. The molecule has 0 radical (unpaired) electrons. The molecule has 1 fully saturated rings. The zero-order chi connectivity index (χ0) is 20.8. The molecule has 5 rings (SSSR count). The summed E-state index contributed by atoms with van der Waals surface area (Å²) in [5.41, 5.74) is 7.13. The normalized spacial score (nSPS) is 18.1. The molecular weight excluding hydrogens is 402 g/mol. The van der Waals surface area contributed by atoms with Gasteiger partial charge < -0.3 is 19.9 Å². The molecule has 2 aromatic heterocycles. The zero-order valence-corrected chi connectivity index (χ0v) is 18.1. The van der Waals surface area contributed by atoms with Gasteiger partial charge in [0.2, 0.25) is 5.91 Å². The van der Waals surface area contributed by atoms with E-state index in [2.05, 4.69) is 22.1 Å². The van der Waals surface area contributed by atoms with Crippen molar-refractivity contribution in [1.82, 2.24) is 20.2 Å². The van der Waals surface area contributed by atoms with E-state index in [9.17, 15) is 4.79 Å². The number of hydrogen-bond acceptors (Lipinski definition) is 6. The van der Waals surface area contributed by atoms with Crippen LogP contribution in [0.2, 0.25) is 5.15 Å². The number of methoxy groups -OCH3 is 1. The summed E-state index contributed by atoms with van der Waals surface area (Å²) >= 11 is 6.05. The summed E-state index contributed by atoms with van der Waals surface area (Å²) in [6, 6.07) is 1.82. The number of amides is 1. The van der Waals surface area contributed by atoms with Crippen LogP contribution in [0.3, 0.4) is 0 Å². The highest BCUT2D eigenvalue weighted by Crippen LogP contribution is 2.36. The average Bonchev–Trinajstić information content (AvgIpc) is 3.15. The molecule has 1 amide bonds. The van der Waals surface area contributed by atoms with E-state index in [0.717, 1.165) is 44.0 Å². The van der Waals surface area contributed by atoms with Crippen molar-refractivity contribution in [3.05, 3.63) is 45.5 Å². The third-order valence-electron chi connectivity index (χ3n) is 6.55. The molecule has 0 bridgehead atoms. The Hall–Kier alpha value is -2.38. The van der Waals surface area contributed by atoms with Crippen LogP contribution in [0.15, 0.2) is 12.3 Å². The number of anilines is 1. The van der Waals surface area contributed by atoms with Gasteiger partial charge in [-0.05, 0) is 23.6 Å². The van der Waals surface area contributed by atoms with Crippen molar-refractivity contribution in [2.45, 2.75) is 39.4 Å². The van der Waals surface area contributed by atoms with Crippen molar-refractivity contribution in [3.63, 3.8) is 0 Å². The van der Waals surface area contributed by atoms with Gasteiger partial charge in [0.25, 0.3) is 0 Å². The van der Waals surface area contributed by atoms with Crippen molar-refractivity contribution >= 4 is 23.2 Å². The minimum absolute atomic E-state index is 0.216. The van der Waals surface area contributed by atoms with Gasteiger partial charge in [-0.15, -0.1) is 0 Å². The third kappa shape index (κ3) is 3.40. The van der Waals surface area contributed by atoms with Gasteiger partial charge in [0.05, 0.1) is 31.2 Å². The SMILES string of the molecule is COc1cnc(Cl)cc1N1CC(CC(=O)N2Cc3nc4c(c(C)c3C2)CNCC4)C1. The molecule has 158 valence electrons. The number of fused-ring (bicyclic) bond motifs is 2. The molecule has 0 aliphatic carbocycles. The molecule has 0 aromatic carbocycles. The van der Waals surface area contributed by atoms with Gasteiger partial charge in [-0.25, -0.2) is 4.98 Å². The predicted octanol–water partition coefficient (Wildman–Crippen LogP) is 2.46. The molecule has 5 heterocycles. The molecule has 3 aliphatic rings. The fourth-order valence-electron chi connectivity index (χ4n) is 4.80. The van der Waals surface area contributed by atoms with Crippen LogP contribution >= 0.6 is 11.6 Å².